The highest BCUT2D eigenvalue weighted by atomic mass is 15.0. The first kappa shape index (κ1) is 20.1. The molecule has 0 aliphatic carbocycles. The molecule has 36 heavy (non-hydrogen) atoms. The van der Waals surface area contributed by atoms with Gasteiger partial charge in [0.1, 0.15) is 0 Å². The van der Waals surface area contributed by atoms with E-state index in [2.05, 4.69) is 74.6 Å². The fraction of sp³-hybridized carbons (Fsp3) is 0. The zero-order valence-electron chi connectivity index (χ0n) is 19.2. The van der Waals surface area contributed by atoms with Gasteiger partial charge in [-0.3, -0.25) is 0 Å². The number of aromatic nitrogens is 2. The Morgan fingerprint density at radius 3 is 1.92 bits per heavy atom. The summed E-state index contributed by atoms with van der Waals surface area (Å²) in [5.74, 6) is 0. The Bertz CT molecular complexity index is 2080. The molecular formula is C32H18N4. The number of fused-ring (bicyclic) bond motifs is 6. The van der Waals surface area contributed by atoms with E-state index in [1.165, 1.54) is 0 Å². The van der Waals surface area contributed by atoms with Crippen molar-refractivity contribution in [1.82, 2.24) is 9.13 Å². The molecule has 0 saturated carbocycles. The smallest absolute Gasteiger partial charge is 0.210 e. The molecule has 0 fully saturated rings. The predicted octanol–water partition coefficient (Wildman–Crippen LogP) is 8.30. The molecule has 7 rings (SSSR count). The van der Waals surface area contributed by atoms with Gasteiger partial charge in [0.25, 0.3) is 0 Å². The van der Waals surface area contributed by atoms with Crippen molar-refractivity contribution < 1.29 is 0 Å². The van der Waals surface area contributed by atoms with E-state index in [-0.39, 0.29) is 0 Å². The van der Waals surface area contributed by atoms with Crippen LogP contribution in [0.5, 0.6) is 0 Å². The summed E-state index contributed by atoms with van der Waals surface area (Å²) in [5, 5.41) is 13.9. The van der Waals surface area contributed by atoms with E-state index in [0.717, 1.165) is 55.0 Å². The van der Waals surface area contributed by atoms with Crippen molar-refractivity contribution in [3.8, 4) is 17.4 Å². The molecular weight excluding hydrogens is 440 g/mol. The van der Waals surface area contributed by atoms with Crippen LogP contribution in [0.2, 0.25) is 0 Å². The molecule has 0 aliphatic heterocycles. The molecule has 7 aromatic rings. The average molecular weight is 459 g/mol. The van der Waals surface area contributed by atoms with Crippen LogP contribution in [0, 0.1) is 17.9 Å². The van der Waals surface area contributed by atoms with E-state index >= 15 is 0 Å². The van der Waals surface area contributed by atoms with Crippen LogP contribution in [0.25, 0.3) is 59.8 Å². The normalized spacial score (nSPS) is 11.3. The molecule has 0 bridgehead atoms. The van der Waals surface area contributed by atoms with Gasteiger partial charge in [-0.2, -0.15) is 5.26 Å². The maximum Gasteiger partial charge on any atom is 0.210 e. The van der Waals surface area contributed by atoms with Crippen molar-refractivity contribution in [2.75, 3.05) is 0 Å². The third-order valence-electron chi connectivity index (χ3n) is 6.96. The first-order chi connectivity index (χ1) is 17.8. The minimum absolute atomic E-state index is 0.625. The van der Waals surface area contributed by atoms with Crippen LogP contribution in [-0.4, -0.2) is 9.13 Å². The van der Waals surface area contributed by atoms with Crippen LogP contribution in [0.1, 0.15) is 5.56 Å². The predicted molar refractivity (Wildman–Crippen MR) is 146 cm³/mol. The number of nitriles is 1. The SMILES string of the molecule is [C-]#[N+]c1ccccc1-n1c2ccccc2c2cc(-n3c4ccccc4c4cc(C#N)ccc43)ccc21. The minimum Gasteiger partial charge on any atom is -0.319 e. The second-order valence-electron chi connectivity index (χ2n) is 8.85. The zero-order chi connectivity index (χ0) is 24.2. The Morgan fingerprint density at radius 2 is 1.17 bits per heavy atom. The maximum atomic E-state index is 9.47. The van der Waals surface area contributed by atoms with Gasteiger partial charge in [-0.05, 0) is 54.6 Å². The summed E-state index contributed by atoms with van der Waals surface area (Å²) >= 11 is 0. The molecule has 0 aliphatic rings. The summed E-state index contributed by atoms with van der Waals surface area (Å²) in [6, 6.07) is 39.1. The van der Waals surface area contributed by atoms with Gasteiger partial charge in [-0.15, -0.1) is 0 Å². The van der Waals surface area contributed by atoms with Gasteiger partial charge in [0.15, 0.2) is 0 Å². The number of para-hydroxylation sites is 4. The number of nitrogens with zero attached hydrogens (tertiary/aromatic N) is 4. The fourth-order valence-electron chi connectivity index (χ4n) is 5.43. The van der Waals surface area contributed by atoms with Gasteiger partial charge in [0, 0.05) is 27.2 Å². The number of hydrogen-bond donors (Lipinski definition) is 0. The molecule has 0 saturated heterocycles. The first-order valence-corrected chi connectivity index (χ1v) is 11.7. The highest BCUT2D eigenvalue weighted by Crippen LogP contribution is 2.38. The third kappa shape index (κ3) is 2.73. The minimum atomic E-state index is 0.625. The van der Waals surface area contributed by atoms with Gasteiger partial charge < -0.3 is 9.13 Å². The van der Waals surface area contributed by atoms with E-state index < -0.39 is 0 Å². The summed E-state index contributed by atoms with van der Waals surface area (Å²) < 4.78 is 4.46. The van der Waals surface area contributed by atoms with Gasteiger partial charge in [-0.1, -0.05) is 54.6 Å². The largest absolute Gasteiger partial charge is 0.319 e. The van der Waals surface area contributed by atoms with E-state index in [1.54, 1.807) is 0 Å². The van der Waals surface area contributed by atoms with E-state index in [0.29, 0.717) is 11.3 Å². The van der Waals surface area contributed by atoms with Gasteiger partial charge in [0.2, 0.25) is 5.69 Å². The molecule has 166 valence electrons. The van der Waals surface area contributed by atoms with E-state index in [4.69, 9.17) is 6.57 Å². The summed E-state index contributed by atoms with van der Waals surface area (Å²) in [5.41, 5.74) is 7.51. The van der Waals surface area contributed by atoms with Crippen molar-refractivity contribution >= 4 is 49.3 Å². The van der Waals surface area contributed by atoms with Crippen LogP contribution >= 0.6 is 0 Å². The lowest BCUT2D eigenvalue weighted by Crippen LogP contribution is -1.96. The molecule has 2 aromatic heterocycles. The molecule has 0 atom stereocenters. The van der Waals surface area contributed by atoms with Crippen LogP contribution in [-0.2, 0) is 0 Å². The number of hydrogen-bond acceptors (Lipinski definition) is 1. The summed E-state index contributed by atoms with van der Waals surface area (Å²) in [4.78, 5) is 3.78. The summed E-state index contributed by atoms with van der Waals surface area (Å²) in [6.45, 7) is 7.70. The Balaban J connectivity index is 1.58. The van der Waals surface area contributed by atoms with Crippen LogP contribution in [0.4, 0.5) is 5.69 Å². The standard InChI is InChI=1S/C32H18N4/c1-34-27-10-4-7-13-32(27)36-29-12-6-3-9-24(29)26-19-22(15-17-31(26)36)35-28-11-5-2-8-23(28)25-18-21(20-33)14-16-30(25)35/h2-19H. The second-order valence-corrected chi connectivity index (χ2v) is 8.85. The van der Waals surface area contributed by atoms with Crippen LogP contribution in [0.15, 0.2) is 109 Å². The molecule has 4 nitrogen and oxygen atoms in total. The molecule has 5 aromatic carbocycles. The summed E-state index contributed by atoms with van der Waals surface area (Å²) in [7, 11) is 0. The Kier molecular flexibility index (Phi) is 4.24. The van der Waals surface area contributed by atoms with E-state index in [1.807, 2.05) is 54.6 Å². The van der Waals surface area contributed by atoms with Gasteiger partial charge in [0.05, 0.1) is 46.0 Å². The second kappa shape index (κ2) is 7.60. The van der Waals surface area contributed by atoms with Crippen molar-refractivity contribution in [1.29, 1.82) is 5.26 Å². The molecule has 0 amide bonds. The first-order valence-electron chi connectivity index (χ1n) is 11.7. The fourth-order valence-corrected chi connectivity index (χ4v) is 5.43. The van der Waals surface area contributed by atoms with Crippen LogP contribution < -0.4 is 0 Å². The van der Waals surface area contributed by atoms with Crippen molar-refractivity contribution in [3.05, 3.63) is 126 Å². The van der Waals surface area contributed by atoms with E-state index in [9.17, 15) is 5.26 Å². The quantitative estimate of drug-likeness (QED) is 0.240. The summed E-state index contributed by atoms with van der Waals surface area (Å²) in [6.07, 6.45) is 0. The lowest BCUT2D eigenvalue weighted by Gasteiger charge is -2.11. The highest BCUT2D eigenvalue weighted by molar-refractivity contribution is 6.12. The Hall–Kier alpha value is -5.32. The Labute approximate surface area is 207 Å². The maximum absolute atomic E-state index is 9.47. The number of benzene rings is 5. The average Bonchev–Trinajstić information content (AvgIpc) is 3.45. The number of rotatable bonds is 2. The van der Waals surface area contributed by atoms with Crippen molar-refractivity contribution in [3.63, 3.8) is 0 Å². The molecule has 4 heteroatoms. The topological polar surface area (TPSA) is 38.0 Å². The highest BCUT2D eigenvalue weighted by Gasteiger charge is 2.17. The molecule has 0 N–H and O–H groups in total. The lowest BCUT2D eigenvalue weighted by molar-refractivity contribution is 1.17. The molecule has 0 radical (unpaired) electrons. The van der Waals surface area contributed by atoms with Crippen LogP contribution in [0.3, 0.4) is 0 Å². The monoisotopic (exact) mass is 458 g/mol. The molecule has 0 spiro atoms. The molecule has 0 unspecified atom stereocenters. The van der Waals surface area contributed by atoms with Crippen molar-refractivity contribution in [2.24, 2.45) is 0 Å². The zero-order valence-corrected chi connectivity index (χ0v) is 19.2. The van der Waals surface area contributed by atoms with Crippen molar-refractivity contribution in [2.45, 2.75) is 0 Å². The Morgan fingerprint density at radius 1 is 0.583 bits per heavy atom. The van der Waals surface area contributed by atoms with Gasteiger partial charge in [-0.25, -0.2) is 4.85 Å². The lowest BCUT2D eigenvalue weighted by atomic mass is 10.1. The third-order valence-corrected chi connectivity index (χ3v) is 6.96. The van der Waals surface area contributed by atoms with Gasteiger partial charge >= 0.3 is 0 Å². The molecule has 2 heterocycles.